The number of piperidine rings is 1. The first kappa shape index (κ1) is 13.1. The molecule has 1 saturated heterocycles. The molecule has 2 rings (SSSR count). The van der Waals surface area contributed by atoms with E-state index in [1.54, 1.807) is 0 Å². The van der Waals surface area contributed by atoms with Crippen LogP contribution in [0.2, 0.25) is 0 Å². The van der Waals surface area contributed by atoms with E-state index in [9.17, 15) is 0 Å². The van der Waals surface area contributed by atoms with Gasteiger partial charge in [0.15, 0.2) is 0 Å². The number of nitrogens with zero attached hydrogens (tertiary/aromatic N) is 1. The molecule has 0 unspecified atom stereocenters. The van der Waals surface area contributed by atoms with Crippen molar-refractivity contribution in [3.8, 4) is 0 Å². The summed E-state index contributed by atoms with van der Waals surface area (Å²) in [5.41, 5.74) is 4.34. The monoisotopic (exact) mass is 295 g/mol. The summed E-state index contributed by atoms with van der Waals surface area (Å²) in [6.07, 6.45) is 2.71. The van der Waals surface area contributed by atoms with E-state index in [0.29, 0.717) is 0 Å². The summed E-state index contributed by atoms with van der Waals surface area (Å²) in [7, 11) is 0. The van der Waals surface area contributed by atoms with Crippen LogP contribution in [0.3, 0.4) is 0 Å². The highest BCUT2D eigenvalue weighted by atomic mass is 79.9. The molecule has 1 aromatic carbocycles. The molecular formula is C15H22BrN. The Morgan fingerprint density at radius 1 is 1.18 bits per heavy atom. The van der Waals surface area contributed by atoms with Crippen molar-refractivity contribution in [1.82, 2.24) is 4.90 Å². The molecule has 0 atom stereocenters. The van der Waals surface area contributed by atoms with Crippen LogP contribution >= 0.6 is 15.9 Å². The van der Waals surface area contributed by atoms with E-state index in [1.165, 1.54) is 47.1 Å². The molecule has 0 bridgehead atoms. The molecule has 1 heterocycles. The molecule has 1 aliphatic rings. The van der Waals surface area contributed by atoms with Gasteiger partial charge in [0, 0.05) is 11.0 Å². The molecule has 1 fully saturated rings. The number of hydrogen-bond donors (Lipinski definition) is 0. The summed E-state index contributed by atoms with van der Waals surface area (Å²) in [4.78, 5) is 2.60. The smallest absolute Gasteiger partial charge is 0.0239 e. The van der Waals surface area contributed by atoms with E-state index < -0.39 is 0 Å². The van der Waals surface area contributed by atoms with Crippen LogP contribution in [0, 0.1) is 19.8 Å². The lowest BCUT2D eigenvalue weighted by Crippen LogP contribution is -2.32. The zero-order valence-electron chi connectivity index (χ0n) is 11.1. The van der Waals surface area contributed by atoms with Crippen molar-refractivity contribution in [2.24, 2.45) is 5.92 Å². The van der Waals surface area contributed by atoms with Crippen molar-refractivity contribution in [2.75, 3.05) is 13.1 Å². The van der Waals surface area contributed by atoms with Crippen molar-refractivity contribution < 1.29 is 0 Å². The fourth-order valence-corrected chi connectivity index (χ4v) is 3.32. The Kier molecular flexibility index (Phi) is 4.26. The van der Waals surface area contributed by atoms with Crippen LogP contribution in [0.15, 0.2) is 16.6 Å². The van der Waals surface area contributed by atoms with Gasteiger partial charge in [-0.3, -0.25) is 4.90 Å². The molecule has 0 amide bonds. The third kappa shape index (κ3) is 3.32. The lowest BCUT2D eigenvalue weighted by atomic mass is 9.97. The third-order valence-electron chi connectivity index (χ3n) is 3.92. The Morgan fingerprint density at radius 2 is 1.71 bits per heavy atom. The molecule has 0 spiro atoms. The molecule has 0 N–H and O–H groups in total. The number of aryl methyl sites for hydroxylation is 2. The summed E-state index contributed by atoms with van der Waals surface area (Å²) >= 11 is 3.57. The number of likely N-dealkylation sites (tertiary alicyclic amines) is 1. The van der Waals surface area contributed by atoms with E-state index in [4.69, 9.17) is 0 Å². The zero-order chi connectivity index (χ0) is 12.4. The first-order chi connectivity index (χ1) is 8.06. The second-order valence-electron chi connectivity index (χ2n) is 5.48. The largest absolute Gasteiger partial charge is 0.299 e. The minimum Gasteiger partial charge on any atom is -0.299 e. The van der Waals surface area contributed by atoms with Crippen LogP contribution in [0.25, 0.3) is 0 Å². The molecule has 0 aromatic heterocycles. The van der Waals surface area contributed by atoms with Crippen molar-refractivity contribution in [2.45, 2.75) is 40.2 Å². The van der Waals surface area contributed by atoms with E-state index >= 15 is 0 Å². The molecule has 0 radical (unpaired) electrons. The van der Waals surface area contributed by atoms with Crippen LogP contribution in [-0.4, -0.2) is 18.0 Å². The number of hydrogen-bond acceptors (Lipinski definition) is 1. The molecule has 17 heavy (non-hydrogen) atoms. The van der Waals surface area contributed by atoms with Crippen LogP contribution in [-0.2, 0) is 6.54 Å². The first-order valence-electron chi connectivity index (χ1n) is 6.54. The molecular weight excluding hydrogens is 274 g/mol. The fourth-order valence-electron chi connectivity index (χ4n) is 2.63. The highest BCUT2D eigenvalue weighted by Gasteiger charge is 2.17. The Labute approximate surface area is 113 Å². The Bertz CT molecular complexity index is 369. The summed E-state index contributed by atoms with van der Waals surface area (Å²) in [6.45, 7) is 10.5. The number of benzene rings is 1. The van der Waals surface area contributed by atoms with E-state index in [1.807, 2.05) is 0 Å². The summed E-state index contributed by atoms with van der Waals surface area (Å²) in [6, 6.07) is 4.46. The molecule has 2 heteroatoms. The average molecular weight is 296 g/mol. The van der Waals surface area contributed by atoms with Gasteiger partial charge in [-0.15, -0.1) is 0 Å². The second kappa shape index (κ2) is 5.53. The van der Waals surface area contributed by atoms with E-state index in [-0.39, 0.29) is 0 Å². The number of halogens is 1. The summed E-state index contributed by atoms with van der Waals surface area (Å²) < 4.78 is 1.20. The molecule has 94 valence electrons. The SMILES string of the molecule is Cc1cc(Br)cc(C)c1CN1CCC(C)CC1. The van der Waals surface area contributed by atoms with Crippen LogP contribution in [0.5, 0.6) is 0 Å². The van der Waals surface area contributed by atoms with Gasteiger partial charge < -0.3 is 0 Å². The van der Waals surface area contributed by atoms with Gasteiger partial charge in [0.05, 0.1) is 0 Å². The maximum atomic E-state index is 3.57. The normalized spacial score (nSPS) is 18.6. The molecule has 0 saturated carbocycles. The van der Waals surface area contributed by atoms with Gasteiger partial charge >= 0.3 is 0 Å². The lowest BCUT2D eigenvalue weighted by Gasteiger charge is -2.31. The predicted molar refractivity (Wildman–Crippen MR) is 77.3 cm³/mol. The van der Waals surface area contributed by atoms with Gasteiger partial charge in [0.25, 0.3) is 0 Å². The average Bonchev–Trinajstić information content (AvgIpc) is 2.26. The van der Waals surface area contributed by atoms with Gasteiger partial charge in [-0.05, 0) is 74.5 Å². The Hall–Kier alpha value is -0.340. The highest BCUT2D eigenvalue weighted by Crippen LogP contribution is 2.24. The minimum atomic E-state index is 0.915. The molecule has 1 aromatic rings. The number of rotatable bonds is 2. The molecule has 1 nitrogen and oxygen atoms in total. The first-order valence-corrected chi connectivity index (χ1v) is 7.33. The van der Waals surface area contributed by atoms with Gasteiger partial charge in [0.2, 0.25) is 0 Å². The summed E-state index contributed by atoms with van der Waals surface area (Å²) in [5.74, 6) is 0.915. The minimum absolute atomic E-state index is 0.915. The van der Waals surface area contributed by atoms with Crippen LogP contribution < -0.4 is 0 Å². The van der Waals surface area contributed by atoms with E-state index in [0.717, 1.165) is 12.5 Å². The van der Waals surface area contributed by atoms with Gasteiger partial charge in [-0.2, -0.15) is 0 Å². The van der Waals surface area contributed by atoms with Gasteiger partial charge in [-0.1, -0.05) is 22.9 Å². The zero-order valence-corrected chi connectivity index (χ0v) is 12.7. The Morgan fingerprint density at radius 3 is 2.24 bits per heavy atom. The molecule has 0 aliphatic carbocycles. The highest BCUT2D eigenvalue weighted by molar-refractivity contribution is 9.10. The maximum absolute atomic E-state index is 3.57. The predicted octanol–water partition coefficient (Wildman–Crippen LogP) is 4.30. The molecule has 1 aliphatic heterocycles. The third-order valence-corrected chi connectivity index (χ3v) is 4.38. The lowest BCUT2D eigenvalue weighted by molar-refractivity contribution is 0.184. The van der Waals surface area contributed by atoms with Crippen molar-refractivity contribution in [1.29, 1.82) is 0 Å². The van der Waals surface area contributed by atoms with Gasteiger partial charge in [0.1, 0.15) is 0 Å². The van der Waals surface area contributed by atoms with Gasteiger partial charge in [-0.25, -0.2) is 0 Å². The standard InChI is InChI=1S/C15H22BrN/c1-11-4-6-17(7-5-11)10-15-12(2)8-14(16)9-13(15)3/h8-9,11H,4-7,10H2,1-3H3. The Balaban J connectivity index is 2.08. The fraction of sp³-hybridized carbons (Fsp3) is 0.600. The van der Waals surface area contributed by atoms with Crippen LogP contribution in [0.1, 0.15) is 36.5 Å². The summed E-state index contributed by atoms with van der Waals surface area (Å²) in [5, 5.41) is 0. The van der Waals surface area contributed by atoms with Crippen molar-refractivity contribution in [3.05, 3.63) is 33.3 Å². The second-order valence-corrected chi connectivity index (χ2v) is 6.39. The van der Waals surface area contributed by atoms with Crippen molar-refractivity contribution >= 4 is 15.9 Å². The maximum Gasteiger partial charge on any atom is 0.0239 e. The van der Waals surface area contributed by atoms with Crippen molar-refractivity contribution in [3.63, 3.8) is 0 Å². The topological polar surface area (TPSA) is 3.24 Å². The van der Waals surface area contributed by atoms with E-state index in [2.05, 4.69) is 53.7 Å². The quantitative estimate of drug-likeness (QED) is 0.786. The van der Waals surface area contributed by atoms with Crippen LogP contribution in [0.4, 0.5) is 0 Å².